The van der Waals surface area contributed by atoms with E-state index in [0.29, 0.717) is 5.92 Å². The van der Waals surface area contributed by atoms with Gasteiger partial charge in [-0.3, -0.25) is 0 Å². The molecule has 1 unspecified atom stereocenters. The number of para-hydroxylation sites is 1. The molecule has 108 valence electrons. The fraction of sp³-hybridized carbons (Fsp3) is 0.647. The average Bonchev–Trinajstić information content (AvgIpc) is 2.43. The second kappa shape index (κ2) is 7.54. The van der Waals surface area contributed by atoms with Gasteiger partial charge in [-0.1, -0.05) is 39.0 Å². The van der Waals surface area contributed by atoms with Gasteiger partial charge in [-0.25, -0.2) is 0 Å². The summed E-state index contributed by atoms with van der Waals surface area (Å²) in [4.78, 5) is 0. The largest absolute Gasteiger partial charge is 0.492 e. The first-order valence-electron chi connectivity index (χ1n) is 7.47. The number of nitrogens with one attached hydrogen (secondary N) is 1. The molecule has 0 aliphatic rings. The van der Waals surface area contributed by atoms with Gasteiger partial charge in [0.15, 0.2) is 0 Å². The molecule has 0 heterocycles. The Balaban J connectivity index is 2.50. The second-order valence-electron chi connectivity index (χ2n) is 5.86. The summed E-state index contributed by atoms with van der Waals surface area (Å²) < 4.78 is 5.94. The van der Waals surface area contributed by atoms with E-state index in [9.17, 15) is 0 Å². The van der Waals surface area contributed by atoms with Crippen molar-refractivity contribution in [3.05, 3.63) is 29.8 Å². The zero-order chi connectivity index (χ0) is 14.3. The molecule has 1 aromatic carbocycles. The van der Waals surface area contributed by atoms with E-state index in [-0.39, 0.29) is 5.54 Å². The Morgan fingerprint density at radius 3 is 2.53 bits per heavy atom. The van der Waals surface area contributed by atoms with Crippen molar-refractivity contribution in [2.24, 2.45) is 0 Å². The molecule has 0 aromatic heterocycles. The highest BCUT2D eigenvalue weighted by atomic mass is 16.5. The Hall–Kier alpha value is -1.02. The van der Waals surface area contributed by atoms with Crippen molar-refractivity contribution in [2.45, 2.75) is 58.9 Å². The third-order valence-corrected chi connectivity index (χ3v) is 3.91. The minimum absolute atomic E-state index is 0.194. The van der Waals surface area contributed by atoms with E-state index in [2.05, 4.69) is 58.1 Å². The van der Waals surface area contributed by atoms with Gasteiger partial charge in [0.2, 0.25) is 0 Å². The number of hydrogen-bond acceptors (Lipinski definition) is 2. The van der Waals surface area contributed by atoms with E-state index in [1.54, 1.807) is 0 Å². The van der Waals surface area contributed by atoms with E-state index in [4.69, 9.17) is 4.74 Å². The van der Waals surface area contributed by atoms with Gasteiger partial charge >= 0.3 is 0 Å². The Labute approximate surface area is 118 Å². The Morgan fingerprint density at radius 2 is 1.89 bits per heavy atom. The molecule has 0 spiro atoms. The van der Waals surface area contributed by atoms with Crippen molar-refractivity contribution >= 4 is 0 Å². The van der Waals surface area contributed by atoms with Crippen LogP contribution in [0.1, 0.15) is 58.9 Å². The minimum Gasteiger partial charge on any atom is -0.492 e. The molecule has 1 aromatic rings. The number of ether oxygens (including phenoxy) is 1. The highest BCUT2D eigenvalue weighted by Gasteiger charge is 2.13. The minimum atomic E-state index is 0.194. The monoisotopic (exact) mass is 263 g/mol. The zero-order valence-corrected chi connectivity index (χ0v) is 13.1. The molecule has 0 saturated carbocycles. The molecule has 1 N–H and O–H groups in total. The predicted octanol–water partition coefficient (Wildman–Crippen LogP) is 4.36. The smallest absolute Gasteiger partial charge is 0.122 e. The number of hydrogen-bond donors (Lipinski definition) is 1. The van der Waals surface area contributed by atoms with Crippen LogP contribution in [0.4, 0.5) is 0 Å². The fourth-order valence-corrected chi connectivity index (χ4v) is 1.91. The van der Waals surface area contributed by atoms with Gasteiger partial charge in [0.1, 0.15) is 12.4 Å². The summed E-state index contributed by atoms with van der Waals surface area (Å²) >= 11 is 0. The lowest BCUT2D eigenvalue weighted by Gasteiger charge is -2.24. The van der Waals surface area contributed by atoms with Crippen LogP contribution in [0.15, 0.2) is 24.3 Å². The maximum absolute atomic E-state index is 5.94. The molecule has 0 amide bonds. The predicted molar refractivity (Wildman–Crippen MR) is 83.0 cm³/mol. The normalized spacial score (nSPS) is 13.3. The molecule has 2 heteroatoms. The van der Waals surface area contributed by atoms with E-state index in [1.165, 1.54) is 5.56 Å². The summed E-state index contributed by atoms with van der Waals surface area (Å²) in [5.74, 6) is 1.59. The standard InChI is InChI=1S/C17H29NO/c1-6-14(3)15-10-8-9-11-16(15)19-13-12-18-17(4,5)7-2/h8-11,14,18H,6-7,12-13H2,1-5H3. The molecule has 0 aliphatic carbocycles. The van der Waals surface area contributed by atoms with Gasteiger partial charge in [0, 0.05) is 12.1 Å². The first kappa shape index (κ1) is 16.0. The van der Waals surface area contributed by atoms with Crippen molar-refractivity contribution in [1.29, 1.82) is 0 Å². The first-order chi connectivity index (χ1) is 9.00. The topological polar surface area (TPSA) is 21.3 Å². The zero-order valence-electron chi connectivity index (χ0n) is 13.1. The van der Waals surface area contributed by atoms with Gasteiger partial charge in [-0.2, -0.15) is 0 Å². The van der Waals surface area contributed by atoms with Crippen LogP contribution in [0.25, 0.3) is 0 Å². The molecular weight excluding hydrogens is 234 g/mol. The molecule has 0 saturated heterocycles. The highest BCUT2D eigenvalue weighted by Crippen LogP contribution is 2.28. The van der Waals surface area contributed by atoms with Gasteiger partial charge in [0.05, 0.1) is 0 Å². The third kappa shape index (κ3) is 5.23. The first-order valence-corrected chi connectivity index (χ1v) is 7.47. The van der Waals surface area contributed by atoms with Gasteiger partial charge in [-0.15, -0.1) is 0 Å². The van der Waals surface area contributed by atoms with Crippen molar-refractivity contribution in [1.82, 2.24) is 5.32 Å². The molecule has 2 nitrogen and oxygen atoms in total. The molecule has 1 rings (SSSR count). The van der Waals surface area contributed by atoms with E-state index >= 15 is 0 Å². The van der Waals surface area contributed by atoms with E-state index in [1.807, 2.05) is 6.07 Å². The SMILES string of the molecule is CCC(C)c1ccccc1OCCNC(C)(C)CC. The summed E-state index contributed by atoms with van der Waals surface area (Å²) in [6.45, 7) is 12.7. The van der Waals surface area contributed by atoms with Gasteiger partial charge < -0.3 is 10.1 Å². The number of benzene rings is 1. The lowest BCUT2D eigenvalue weighted by molar-refractivity contribution is 0.278. The van der Waals surface area contributed by atoms with Crippen molar-refractivity contribution < 1.29 is 4.74 Å². The lowest BCUT2D eigenvalue weighted by atomic mass is 9.98. The van der Waals surface area contributed by atoms with Gasteiger partial charge in [0.25, 0.3) is 0 Å². The average molecular weight is 263 g/mol. The van der Waals surface area contributed by atoms with Crippen LogP contribution in [-0.4, -0.2) is 18.7 Å². The van der Waals surface area contributed by atoms with Crippen molar-refractivity contribution in [2.75, 3.05) is 13.2 Å². The Kier molecular flexibility index (Phi) is 6.36. The van der Waals surface area contributed by atoms with Crippen LogP contribution in [0, 0.1) is 0 Å². The maximum atomic E-state index is 5.94. The third-order valence-electron chi connectivity index (χ3n) is 3.91. The summed E-state index contributed by atoms with van der Waals surface area (Å²) in [5, 5.41) is 3.52. The maximum Gasteiger partial charge on any atom is 0.122 e. The Morgan fingerprint density at radius 1 is 1.21 bits per heavy atom. The second-order valence-corrected chi connectivity index (χ2v) is 5.86. The Bertz CT molecular complexity index is 373. The molecule has 0 radical (unpaired) electrons. The van der Waals surface area contributed by atoms with Crippen molar-refractivity contribution in [3.63, 3.8) is 0 Å². The molecule has 19 heavy (non-hydrogen) atoms. The lowest BCUT2D eigenvalue weighted by Crippen LogP contribution is -2.40. The fourth-order valence-electron chi connectivity index (χ4n) is 1.91. The summed E-state index contributed by atoms with van der Waals surface area (Å²) in [7, 11) is 0. The van der Waals surface area contributed by atoms with E-state index in [0.717, 1.165) is 31.7 Å². The summed E-state index contributed by atoms with van der Waals surface area (Å²) in [6.07, 6.45) is 2.26. The molecule has 0 bridgehead atoms. The van der Waals surface area contributed by atoms with Crippen LogP contribution in [-0.2, 0) is 0 Å². The quantitative estimate of drug-likeness (QED) is 0.704. The van der Waals surface area contributed by atoms with Gasteiger partial charge in [-0.05, 0) is 44.2 Å². The van der Waals surface area contributed by atoms with Crippen LogP contribution >= 0.6 is 0 Å². The molecule has 1 atom stereocenters. The molecule has 0 fully saturated rings. The van der Waals surface area contributed by atoms with Crippen LogP contribution in [0.5, 0.6) is 5.75 Å². The number of rotatable bonds is 8. The summed E-state index contributed by atoms with van der Waals surface area (Å²) in [5.41, 5.74) is 1.51. The molecular formula is C17H29NO. The van der Waals surface area contributed by atoms with Crippen LogP contribution in [0.3, 0.4) is 0 Å². The summed E-state index contributed by atoms with van der Waals surface area (Å²) in [6, 6.07) is 8.39. The van der Waals surface area contributed by atoms with E-state index < -0.39 is 0 Å². The molecule has 0 aliphatic heterocycles. The highest BCUT2D eigenvalue weighted by molar-refractivity contribution is 5.35. The van der Waals surface area contributed by atoms with Crippen LogP contribution in [0.2, 0.25) is 0 Å². The van der Waals surface area contributed by atoms with Crippen molar-refractivity contribution in [3.8, 4) is 5.75 Å². The van der Waals surface area contributed by atoms with Crippen LogP contribution < -0.4 is 10.1 Å².